The Morgan fingerprint density at radius 1 is 1.33 bits per heavy atom. The highest BCUT2D eigenvalue weighted by Crippen LogP contribution is 2.36. The van der Waals surface area contributed by atoms with Gasteiger partial charge in [-0.25, -0.2) is 0 Å². The molecule has 24 heavy (non-hydrogen) atoms. The van der Waals surface area contributed by atoms with E-state index in [1.807, 2.05) is 0 Å². The van der Waals surface area contributed by atoms with Gasteiger partial charge in [0.1, 0.15) is 10.8 Å². The standard InChI is InChI=1S/C13H9ClF5N3O2/c1-22-10(13(17,18)19)8(14)9(21-22)11(23)20-6-4-2-3-5-7(6)24-12(15)16/h2-5,12H,1H3,(H,20,23). The summed E-state index contributed by atoms with van der Waals surface area (Å²) in [5, 5.41) is 4.67. The van der Waals surface area contributed by atoms with Gasteiger partial charge in [0.05, 0.1) is 5.69 Å². The van der Waals surface area contributed by atoms with E-state index in [1.165, 1.54) is 18.2 Å². The van der Waals surface area contributed by atoms with Crippen LogP contribution < -0.4 is 10.1 Å². The van der Waals surface area contributed by atoms with Crippen LogP contribution in [-0.2, 0) is 13.2 Å². The first-order valence-electron chi connectivity index (χ1n) is 6.26. The second kappa shape index (κ2) is 6.63. The third-order valence-corrected chi connectivity index (χ3v) is 3.18. The van der Waals surface area contributed by atoms with Crippen LogP contribution in [0.3, 0.4) is 0 Å². The highest BCUT2D eigenvalue weighted by atomic mass is 35.5. The predicted octanol–water partition coefficient (Wildman–Crippen LogP) is 3.95. The van der Waals surface area contributed by atoms with Crippen LogP contribution in [0.4, 0.5) is 27.6 Å². The number of amides is 1. The topological polar surface area (TPSA) is 56.2 Å². The molecule has 2 rings (SSSR count). The molecule has 0 bridgehead atoms. The molecular weight excluding hydrogens is 361 g/mol. The number of carbonyl (C=O) groups excluding carboxylic acids is 1. The quantitative estimate of drug-likeness (QED) is 0.830. The number of anilines is 1. The molecule has 1 amide bonds. The lowest BCUT2D eigenvalue weighted by atomic mass is 10.2. The minimum Gasteiger partial charge on any atom is -0.433 e. The highest BCUT2D eigenvalue weighted by molar-refractivity contribution is 6.34. The van der Waals surface area contributed by atoms with Gasteiger partial charge in [-0.2, -0.15) is 27.1 Å². The second-order valence-corrected chi connectivity index (χ2v) is 4.84. The second-order valence-electron chi connectivity index (χ2n) is 4.46. The molecule has 0 saturated heterocycles. The van der Waals surface area contributed by atoms with Crippen LogP contribution in [0.1, 0.15) is 16.2 Å². The number of rotatable bonds is 4. The number of aryl methyl sites for hydroxylation is 1. The average Bonchev–Trinajstić information content (AvgIpc) is 2.75. The smallest absolute Gasteiger partial charge is 0.433 e. The van der Waals surface area contributed by atoms with Crippen molar-refractivity contribution in [1.29, 1.82) is 0 Å². The van der Waals surface area contributed by atoms with Crippen LogP contribution >= 0.6 is 11.6 Å². The summed E-state index contributed by atoms with van der Waals surface area (Å²) in [5.74, 6) is -1.46. The zero-order valence-corrected chi connectivity index (χ0v) is 12.6. The molecular formula is C13H9ClF5N3O2. The van der Waals surface area contributed by atoms with Gasteiger partial charge in [0.2, 0.25) is 0 Å². The number of alkyl halides is 5. The van der Waals surface area contributed by atoms with Gasteiger partial charge in [0, 0.05) is 7.05 Å². The fourth-order valence-electron chi connectivity index (χ4n) is 1.90. The summed E-state index contributed by atoms with van der Waals surface area (Å²) in [6.45, 7) is -3.14. The third-order valence-electron chi connectivity index (χ3n) is 2.82. The lowest BCUT2D eigenvalue weighted by molar-refractivity contribution is -0.143. The molecule has 0 atom stereocenters. The molecule has 0 aliphatic rings. The largest absolute Gasteiger partial charge is 0.434 e. The zero-order chi connectivity index (χ0) is 18.1. The number of benzene rings is 1. The van der Waals surface area contributed by atoms with Crippen molar-refractivity contribution in [2.75, 3.05) is 5.32 Å². The van der Waals surface area contributed by atoms with Crippen molar-refractivity contribution in [1.82, 2.24) is 9.78 Å². The fourth-order valence-corrected chi connectivity index (χ4v) is 2.25. The van der Waals surface area contributed by atoms with E-state index in [4.69, 9.17) is 11.6 Å². The average molecular weight is 370 g/mol. The molecule has 1 heterocycles. The maximum Gasteiger partial charge on any atom is 0.434 e. The Balaban J connectivity index is 2.32. The number of para-hydroxylation sites is 2. The lowest BCUT2D eigenvalue weighted by Crippen LogP contribution is -2.15. The number of aromatic nitrogens is 2. The number of ether oxygens (including phenoxy) is 1. The maximum absolute atomic E-state index is 12.8. The van der Waals surface area contributed by atoms with E-state index in [1.54, 1.807) is 0 Å². The van der Waals surface area contributed by atoms with Crippen LogP contribution in [0.15, 0.2) is 24.3 Å². The molecule has 1 aromatic carbocycles. The Kier molecular flexibility index (Phi) is 4.97. The summed E-state index contributed by atoms with van der Waals surface area (Å²) in [6.07, 6.45) is -4.81. The molecule has 2 aromatic rings. The number of hydrogen-bond donors (Lipinski definition) is 1. The molecule has 1 N–H and O–H groups in total. The van der Waals surface area contributed by atoms with E-state index < -0.39 is 35.1 Å². The maximum atomic E-state index is 12.8. The van der Waals surface area contributed by atoms with Crippen LogP contribution in [0.2, 0.25) is 5.02 Å². The van der Waals surface area contributed by atoms with Crippen molar-refractivity contribution in [3.63, 3.8) is 0 Å². The summed E-state index contributed by atoms with van der Waals surface area (Å²) >= 11 is 5.58. The Labute approximate surface area is 137 Å². The molecule has 11 heteroatoms. The molecule has 0 spiro atoms. The van der Waals surface area contributed by atoms with Gasteiger partial charge in [-0.1, -0.05) is 23.7 Å². The van der Waals surface area contributed by atoms with Gasteiger partial charge in [-0.3, -0.25) is 9.48 Å². The molecule has 0 radical (unpaired) electrons. The first-order chi connectivity index (χ1) is 11.1. The summed E-state index contributed by atoms with van der Waals surface area (Å²) in [7, 11) is 0.972. The van der Waals surface area contributed by atoms with E-state index in [0.717, 1.165) is 13.1 Å². The summed E-state index contributed by atoms with van der Waals surface area (Å²) < 4.78 is 67.8. The van der Waals surface area contributed by atoms with Crippen molar-refractivity contribution in [2.45, 2.75) is 12.8 Å². The van der Waals surface area contributed by atoms with Gasteiger partial charge in [0.15, 0.2) is 11.4 Å². The van der Waals surface area contributed by atoms with Crippen molar-refractivity contribution < 1.29 is 31.5 Å². The third kappa shape index (κ3) is 3.75. The Morgan fingerprint density at radius 3 is 2.50 bits per heavy atom. The van der Waals surface area contributed by atoms with Crippen molar-refractivity contribution in [3.05, 3.63) is 40.7 Å². The van der Waals surface area contributed by atoms with E-state index in [-0.39, 0.29) is 11.4 Å². The van der Waals surface area contributed by atoms with Crippen molar-refractivity contribution >= 4 is 23.2 Å². The van der Waals surface area contributed by atoms with Crippen LogP contribution in [-0.4, -0.2) is 22.3 Å². The summed E-state index contributed by atoms with van der Waals surface area (Å²) in [5.41, 5.74) is -2.16. The lowest BCUT2D eigenvalue weighted by Gasteiger charge is -2.11. The molecule has 0 aliphatic heterocycles. The molecule has 0 fully saturated rings. The number of nitrogens with one attached hydrogen (secondary N) is 1. The van der Waals surface area contributed by atoms with Gasteiger partial charge in [-0.05, 0) is 12.1 Å². The van der Waals surface area contributed by atoms with E-state index >= 15 is 0 Å². The van der Waals surface area contributed by atoms with E-state index in [9.17, 15) is 26.7 Å². The Morgan fingerprint density at radius 2 is 1.96 bits per heavy atom. The fraction of sp³-hybridized carbons (Fsp3) is 0.231. The molecule has 1 aromatic heterocycles. The number of nitrogens with zero attached hydrogens (tertiary/aromatic N) is 2. The summed E-state index contributed by atoms with van der Waals surface area (Å²) in [6, 6.07) is 5.18. The highest BCUT2D eigenvalue weighted by Gasteiger charge is 2.40. The summed E-state index contributed by atoms with van der Waals surface area (Å²) in [4.78, 5) is 12.1. The van der Waals surface area contributed by atoms with Gasteiger partial charge in [0.25, 0.3) is 5.91 Å². The first-order valence-corrected chi connectivity index (χ1v) is 6.64. The molecule has 0 aliphatic carbocycles. The number of hydrogen-bond acceptors (Lipinski definition) is 3. The van der Waals surface area contributed by atoms with Crippen LogP contribution in [0.5, 0.6) is 5.75 Å². The monoisotopic (exact) mass is 369 g/mol. The van der Waals surface area contributed by atoms with E-state index in [2.05, 4.69) is 15.2 Å². The van der Waals surface area contributed by atoms with Gasteiger partial charge in [-0.15, -0.1) is 0 Å². The molecule has 0 unspecified atom stereocenters. The normalized spacial score (nSPS) is 11.7. The molecule has 5 nitrogen and oxygen atoms in total. The van der Waals surface area contributed by atoms with Crippen LogP contribution in [0.25, 0.3) is 0 Å². The number of halogens is 6. The Hall–Kier alpha value is -2.36. The first kappa shape index (κ1) is 18.0. The minimum atomic E-state index is -4.81. The van der Waals surface area contributed by atoms with Gasteiger partial charge >= 0.3 is 12.8 Å². The SMILES string of the molecule is Cn1nc(C(=O)Nc2ccccc2OC(F)F)c(Cl)c1C(F)(F)F. The van der Waals surface area contributed by atoms with Crippen molar-refractivity contribution in [3.8, 4) is 5.75 Å². The van der Waals surface area contributed by atoms with Crippen molar-refractivity contribution in [2.24, 2.45) is 7.05 Å². The van der Waals surface area contributed by atoms with E-state index in [0.29, 0.717) is 4.68 Å². The molecule has 0 saturated carbocycles. The Bertz CT molecular complexity index is 761. The predicted molar refractivity (Wildman–Crippen MR) is 74.2 cm³/mol. The minimum absolute atomic E-state index is 0.168. The molecule has 130 valence electrons. The zero-order valence-electron chi connectivity index (χ0n) is 11.9. The number of carbonyl (C=O) groups is 1. The van der Waals surface area contributed by atoms with Crippen LogP contribution in [0, 0.1) is 0 Å². The van der Waals surface area contributed by atoms with Gasteiger partial charge < -0.3 is 10.1 Å².